The first-order chi connectivity index (χ1) is 7.02. The lowest BCUT2D eigenvalue weighted by atomic mass is 10.5. The molecule has 0 atom stereocenters. The molecule has 0 radical (unpaired) electrons. The Balaban J connectivity index is 2.95. The molecule has 0 bridgehead atoms. The van der Waals surface area contributed by atoms with Crippen molar-refractivity contribution in [3.05, 3.63) is 29.6 Å². The summed E-state index contributed by atoms with van der Waals surface area (Å²) in [4.78, 5) is 1.80. The minimum Gasteiger partial charge on any atom is -0.616 e. The van der Waals surface area contributed by atoms with Crippen molar-refractivity contribution in [1.82, 2.24) is 4.90 Å². The number of ether oxygens (including phenoxy) is 1. The monoisotopic (exact) mass is 210 g/mol. The number of hydrogen-bond donors (Lipinski definition) is 0. The first-order valence-electron chi connectivity index (χ1n) is 4.60. The van der Waals surface area contributed by atoms with Gasteiger partial charge < -0.3 is 9.94 Å². The highest BCUT2D eigenvalue weighted by Crippen LogP contribution is 2.02. The van der Waals surface area contributed by atoms with Gasteiger partial charge in [0.2, 0.25) is 0 Å². The molecular weight excluding hydrogens is 194 g/mol. The Morgan fingerprint density at radius 2 is 2.07 bits per heavy atom. The van der Waals surface area contributed by atoms with Crippen LogP contribution in [0.3, 0.4) is 0 Å². The van der Waals surface area contributed by atoms with Crippen LogP contribution in [0.15, 0.2) is 24.4 Å². The van der Waals surface area contributed by atoms with Gasteiger partial charge in [0, 0.05) is 6.07 Å². The molecule has 0 saturated heterocycles. The highest BCUT2D eigenvalue weighted by molar-refractivity contribution is 5.69. The summed E-state index contributed by atoms with van der Waals surface area (Å²) < 4.78 is 7.97. The second kappa shape index (κ2) is 4.63. The van der Waals surface area contributed by atoms with Crippen molar-refractivity contribution in [2.75, 3.05) is 28.2 Å². The molecule has 0 fully saturated rings. The van der Waals surface area contributed by atoms with Crippen LogP contribution in [0.5, 0.6) is 5.88 Å². The quantitative estimate of drug-likeness (QED) is 0.281. The first-order valence-corrected chi connectivity index (χ1v) is 4.60. The molecule has 0 N–H and O–H groups in total. The topological polar surface area (TPSA) is 42.4 Å². The summed E-state index contributed by atoms with van der Waals surface area (Å²) in [6, 6.07) is 5.64. The molecule has 0 unspecified atom stereocenters. The van der Waals surface area contributed by atoms with Gasteiger partial charge >= 0.3 is 11.9 Å². The Bertz CT molecular complexity index is 371. The summed E-state index contributed by atoms with van der Waals surface area (Å²) in [5.74, 6) is 0.259. The van der Waals surface area contributed by atoms with Crippen molar-refractivity contribution in [2.45, 2.75) is 0 Å². The van der Waals surface area contributed by atoms with Gasteiger partial charge in [-0.3, -0.25) is 0 Å². The lowest BCUT2D eigenvalue weighted by molar-refractivity contribution is -0.612. The van der Waals surface area contributed by atoms with Gasteiger partial charge in [0.05, 0.1) is 34.3 Å². The predicted molar refractivity (Wildman–Crippen MR) is 56.8 cm³/mol. The Morgan fingerprint density at radius 1 is 1.40 bits per heavy atom. The molecule has 0 aromatic carbocycles. The van der Waals surface area contributed by atoms with E-state index >= 15 is 0 Å². The van der Waals surface area contributed by atoms with E-state index < -0.39 is 0 Å². The van der Waals surface area contributed by atoms with E-state index in [4.69, 9.17) is 4.74 Å². The van der Waals surface area contributed by atoms with Crippen LogP contribution in [0.4, 0.5) is 0 Å². The zero-order valence-corrected chi connectivity index (χ0v) is 9.47. The van der Waals surface area contributed by atoms with Gasteiger partial charge in [-0.05, 0) is 6.07 Å². The third kappa shape index (κ3) is 2.83. The summed E-state index contributed by atoms with van der Waals surface area (Å²) in [6.07, 6.45) is 1.40. The van der Waals surface area contributed by atoms with Crippen LogP contribution < -0.4 is 9.47 Å². The van der Waals surface area contributed by atoms with Gasteiger partial charge in [-0.1, -0.05) is 0 Å². The van der Waals surface area contributed by atoms with E-state index in [1.54, 1.807) is 27.7 Å². The zero-order chi connectivity index (χ0) is 11.4. The molecule has 1 rings (SSSR count). The van der Waals surface area contributed by atoms with Crippen LogP contribution in [0.25, 0.3) is 0 Å². The third-order valence-electron chi connectivity index (χ3n) is 1.75. The van der Waals surface area contributed by atoms with Gasteiger partial charge in [-0.2, -0.15) is 0 Å². The molecule has 0 aliphatic carbocycles. The van der Waals surface area contributed by atoms with Crippen molar-refractivity contribution in [3.63, 3.8) is 0 Å². The standard InChI is InChI=1S/C10H16N3O2/c1-11(2)10(12(3)4)15-9-7-5-6-8-13(9)14/h5-8H,1-4H3/q+1. The van der Waals surface area contributed by atoms with Gasteiger partial charge in [0.15, 0.2) is 6.20 Å². The number of nitrogens with zero attached hydrogens (tertiary/aromatic N) is 3. The van der Waals surface area contributed by atoms with Crippen molar-refractivity contribution < 1.29 is 14.0 Å². The number of rotatable bonds is 1. The Hall–Kier alpha value is -1.78. The summed E-state index contributed by atoms with van der Waals surface area (Å²) in [5, 5.41) is 11.3. The molecule has 82 valence electrons. The fourth-order valence-corrected chi connectivity index (χ4v) is 1.17. The summed E-state index contributed by atoms with van der Waals surface area (Å²) in [5.41, 5.74) is 0. The number of pyridine rings is 1. The average molecular weight is 210 g/mol. The molecular formula is C10H16N3O2+. The van der Waals surface area contributed by atoms with Gasteiger partial charge in [-0.15, -0.1) is 4.73 Å². The van der Waals surface area contributed by atoms with E-state index in [1.165, 1.54) is 6.20 Å². The van der Waals surface area contributed by atoms with E-state index in [0.717, 1.165) is 0 Å². The summed E-state index contributed by atoms with van der Waals surface area (Å²) in [7, 11) is 7.42. The summed E-state index contributed by atoms with van der Waals surface area (Å²) >= 11 is 0. The minimum absolute atomic E-state index is 0.259. The van der Waals surface area contributed by atoms with Crippen molar-refractivity contribution in [3.8, 4) is 5.88 Å². The SMILES string of the molecule is CN(C)C(Oc1cccc[n+]1[O-])=[N+](C)C. The lowest BCUT2D eigenvalue weighted by Crippen LogP contribution is -2.39. The number of amidine groups is 1. The predicted octanol–water partition coefficient (Wildman–Crippen LogP) is -0.111. The van der Waals surface area contributed by atoms with Crippen molar-refractivity contribution in [2.24, 2.45) is 0 Å². The zero-order valence-electron chi connectivity index (χ0n) is 9.47. The molecule has 5 heteroatoms. The maximum Gasteiger partial charge on any atom is 0.455 e. The van der Waals surface area contributed by atoms with Crippen LogP contribution in [0.2, 0.25) is 0 Å². The second-order valence-corrected chi connectivity index (χ2v) is 3.54. The smallest absolute Gasteiger partial charge is 0.455 e. The molecule has 15 heavy (non-hydrogen) atoms. The van der Waals surface area contributed by atoms with Crippen LogP contribution in [0, 0.1) is 5.21 Å². The largest absolute Gasteiger partial charge is 0.616 e. The molecule has 0 saturated carbocycles. The fourth-order valence-electron chi connectivity index (χ4n) is 1.17. The highest BCUT2D eigenvalue weighted by atomic mass is 16.6. The molecule has 1 aromatic heterocycles. The summed E-state index contributed by atoms with van der Waals surface area (Å²) in [6.45, 7) is 0. The maximum absolute atomic E-state index is 11.3. The second-order valence-electron chi connectivity index (χ2n) is 3.54. The normalized spacial score (nSPS) is 9.60. The third-order valence-corrected chi connectivity index (χ3v) is 1.75. The van der Waals surface area contributed by atoms with E-state index in [0.29, 0.717) is 10.8 Å². The van der Waals surface area contributed by atoms with Gasteiger partial charge in [0.1, 0.15) is 0 Å². The van der Waals surface area contributed by atoms with Crippen LogP contribution in [-0.2, 0) is 0 Å². The van der Waals surface area contributed by atoms with Crippen molar-refractivity contribution >= 4 is 6.02 Å². The highest BCUT2D eigenvalue weighted by Gasteiger charge is 2.18. The molecule has 0 aliphatic rings. The lowest BCUT2D eigenvalue weighted by Gasteiger charge is -2.10. The Kier molecular flexibility index (Phi) is 3.49. The molecule has 0 amide bonds. The molecule has 1 aromatic rings. The van der Waals surface area contributed by atoms with Gasteiger partial charge in [0.25, 0.3) is 0 Å². The molecule has 5 nitrogen and oxygen atoms in total. The van der Waals surface area contributed by atoms with E-state index in [2.05, 4.69) is 0 Å². The first kappa shape index (κ1) is 11.3. The number of aromatic nitrogens is 1. The molecule has 0 aliphatic heterocycles. The average Bonchev–Trinajstić information content (AvgIpc) is 2.15. The van der Waals surface area contributed by atoms with Crippen LogP contribution in [-0.4, -0.2) is 43.7 Å². The molecule has 0 spiro atoms. The fraction of sp³-hybridized carbons (Fsp3) is 0.400. The Morgan fingerprint density at radius 3 is 2.53 bits per heavy atom. The van der Waals surface area contributed by atoms with Gasteiger partial charge in [-0.25, -0.2) is 9.48 Å². The number of hydrogen-bond acceptors (Lipinski definition) is 2. The Labute approximate surface area is 89.4 Å². The van der Waals surface area contributed by atoms with E-state index in [-0.39, 0.29) is 5.88 Å². The minimum atomic E-state index is 0.259. The van der Waals surface area contributed by atoms with E-state index in [9.17, 15) is 5.21 Å². The van der Waals surface area contributed by atoms with Crippen molar-refractivity contribution in [1.29, 1.82) is 0 Å². The van der Waals surface area contributed by atoms with Crippen LogP contribution >= 0.6 is 0 Å². The maximum atomic E-state index is 11.3. The molecule has 1 heterocycles. The van der Waals surface area contributed by atoms with E-state index in [1.807, 2.05) is 28.2 Å². The van der Waals surface area contributed by atoms with Crippen LogP contribution in [0.1, 0.15) is 0 Å².